The van der Waals surface area contributed by atoms with Gasteiger partial charge in [0.25, 0.3) is 0 Å². The summed E-state index contributed by atoms with van der Waals surface area (Å²) in [7, 11) is 0. The van der Waals surface area contributed by atoms with E-state index >= 15 is 0 Å². The van der Waals surface area contributed by atoms with Crippen LogP contribution >= 0.6 is 0 Å². The molecule has 0 saturated carbocycles. The van der Waals surface area contributed by atoms with Gasteiger partial charge in [0.2, 0.25) is 0 Å². The predicted octanol–water partition coefficient (Wildman–Crippen LogP) is 2.84. The van der Waals surface area contributed by atoms with Gasteiger partial charge in [0.1, 0.15) is 0 Å². The summed E-state index contributed by atoms with van der Waals surface area (Å²) >= 11 is 0. The van der Waals surface area contributed by atoms with Gasteiger partial charge in [-0.2, -0.15) is 0 Å². The zero-order chi connectivity index (χ0) is 6.81. The Hall–Kier alpha value is -0.677. The largest absolute Gasteiger partial charge is 0.0616 e. The summed E-state index contributed by atoms with van der Waals surface area (Å²) in [6, 6.07) is 16.7. The van der Waals surface area contributed by atoms with E-state index in [1.165, 1.54) is 10.8 Å². The van der Waals surface area contributed by atoms with E-state index in [-0.39, 0.29) is 19.5 Å². The van der Waals surface area contributed by atoms with Crippen LogP contribution in [-0.2, 0) is 19.5 Å². The molecule has 0 saturated heterocycles. The van der Waals surface area contributed by atoms with Gasteiger partial charge in [-0.3, -0.25) is 0 Å². The van der Waals surface area contributed by atoms with Gasteiger partial charge in [-0.05, 0) is 10.8 Å². The van der Waals surface area contributed by atoms with Crippen molar-refractivity contribution in [3.05, 3.63) is 48.5 Å². The van der Waals surface area contributed by atoms with Crippen LogP contribution in [0.25, 0.3) is 10.8 Å². The molecular formula is C10H8Rh. The van der Waals surface area contributed by atoms with E-state index in [0.717, 1.165) is 0 Å². The molecule has 0 unspecified atom stereocenters. The first-order valence-corrected chi connectivity index (χ1v) is 3.40. The number of rotatable bonds is 0. The molecule has 0 bridgehead atoms. The Morgan fingerprint density at radius 2 is 0.818 bits per heavy atom. The Morgan fingerprint density at radius 3 is 1.09 bits per heavy atom. The summed E-state index contributed by atoms with van der Waals surface area (Å²) in [5.41, 5.74) is 0. The Morgan fingerprint density at radius 1 is 0.545 bits per heavy atom. The average molecular weight is 231 g/mol. The third kappa shape index (κ3) is 1.67. The molecule has 0 nitrogen and oxygen atoms in total. The summed E-state index contributed by atoms with van der Waals surface area (Å²) in [6.45, 7) is 0. The minimum absolute atomic E-state index is 0. The first-order valence-electron chi connectivity index (χ1n) is 3.40. The molecule has 0 atom stereocenters. The van der Waals surface area contributed by atoms with Crippen molar-refractivity contribution in [1.29, 1.82) is 0 Å². The smallest absolute Gasteiger partial charge is 0 e. The van der Waals surface area contributed by atoms with Crippen molar-refractivity contribution >= 4 is 10.8 Å². The molecule has 57 valence electrons. The van der Waals surface area contributed by atoms with Crippen molar-refractivity contribution in [3.63, 3.8) is 0 Å². The van der Waals surface area contributed by atoms with E-state index < -0.39 is 0 Å². The zero-order valence-corrected chi connectivity index (χ0v) is 7.59. The molecule has 11 heavy (non-hydrogen) atoms. The second-order valence-corrected chi connectivity index (χ2v) is 2.35. The number of hydrogen-bond donors (Lipinski definition) is 0. The summed E-state index contributed by atoms with van der Waals surface area (Å²) in [5, 5.41) is 2.62. The number of fused-ring (bicyclic) bond motifs is 1. The second kappa shape index (κ2) is 3.64. The molecule has 1 heteroatoms. The van der Waals surface area contributed by atoms with Crippen LogP contribution in [0.5, 0.6) is 0 Å². The monoisotopic (exact) mass is 231 g/mol. The predicted molar refractivity (Wildman–Crippen MR) is 43.9 cm³/mol. The summed E-state index contributed by atoms with van der Waals surface area (Å²) in [6.07, 6.45) is 0. The fourth-order valence-electron chi connectivity index (χ4n) is 1.13. The molecule has 0 aromatic heterocycles. The van der Waals surface area contributed by atoms with Crippen molar-refractivity contribution in [2.75, 3.05) is 0 Å². The SMILES string of the molecule is [Rh].c1ccc2ccccc2c1. The Labute approximate surface area is 79.0 Å². The second-order valence-electron chi connectivity index (χ2n) is 2.35. The van der Waals surface area contributed by atoms with Gasteiger partial charge in [-0.25, -0.2) is 0 Å². The molecule has 2 rings (SSSR count). The molecule has 1 radical (unpaired) electrons. The van der Waals surface area contributed by atoms with Crippen LogP contribution in [-0.4, -0.2) is 0 Å². The van der Waals surface area contributed by atoms with Crippen LogP contribution in [0.2, 0.25) is 0 Å². The third-order valence-corrected chi connectivity index (χ3v) is 1.66. The van der Waals surface area contributed by atoms with E-state index in [2.05, 4.69) is 48.5 Å². The maximum Gasteiger partial charge on any atom is 0 e. The standard InChI is InChI=1S/C10H8.Rh/c1-2-6-10-8-4-3-7-9(10)5-1;/h1-8H;. The van der Waals surface area contributed by atoms with Crippen molar-refractivity contribution in [3.8, 4) is 0 Å². The molecule has 0 aliphatic carbocycles. The van der Waals surface area contributed by atoms with E-state index in [0.29, 0.717) is 0 Å². The first-order chi connectivity index (χ1) is 4.97. The maximum atomic E-state index is 2.12. The van der Waals surface area contributed by atoms with Crippen molar-refractivity contribution in [2.24, 2.45) is 0 Å². The van der Waals surface area contributed by atoms with Crippen LogP contribution in [0.1, 0.15) is 0 Å². The first kappa shape index (κ1) is 8.42. The number of benzene rings is 2. The van der Waals surface area contributed by atoms with Crippen molar-refractivity contribution in [1.82, 2.24) is 0 Å². The van der Waals surface area contributed by atoms with Crippen molar-refractivity contribution in [2.45, 2.75) is 0 Å². The van der Waals surface area contributed by atoms with Crippen LogP contribution in [0, 0.1) is 0 Å². The molecule has 0 fully saturated rings. The fourth-order valence-corrected chi connectivity index (χ4v) is 1.13. The van der Waals surface area contributed by atoms with Gasteiger partial charge in [0.05, 0.1) is 0 Å². The number of hydrogen-bond acceptors (Lipinski definition) is 0. The zero-order valence-electron chi connectivity index (χ0n) is 5.95. The molecule has 0 aliphatic rings. The Balaban J connectivity index is 0.000000605. The molecule has 0 amide bonds. The topological polar surface area (TPSA) is 0 Å². The normalized spacial score (nSPS) is 9.09. The van der Waals surface area contributed by atoms with E-state index in [1.54, 1.807) is 0 Å². The maximum absolute atomic E-state index is 2.12. The summed E-state index contributed by atoms with van der Waals surface area (Å²) in [5.74, 6) is 0. The van der Waals surface area contributed by atoms with Gasteiger partial charge >= 0.3 is 0 Å². The molecule has 2 aromatic rings. The Bertz CT molecular complexity index is 276. The molecular weight excluding hydrogens is 223 g/mol. The van der Waals surface area contributed by atoms with E-state index in [9.17, 15) is 0 Å². The minimum Gasteiger partial charge on any atom is -0.0616 e. The minimum atomic E-state index is 0. The molecule has 0 aliphatic heterocycles. The molecule has 0 N–H and O–H groups in total. The molecule has 0 spiro atoms. The van der Waals surface area contributed by atoms with Gasteiger partial charge < -0.3 is 0 Å². The van der Waals surface area contributed by atoms with Crippen LogP contribution < -0.4 is 0 Å². The van der Waals surface area contributed by atoms with Crippen LogP contribution in [0.3, 0.4) is 0 Å². The van der Waals surface area contributed by atoms with Gasteiger partial charge in [-0.1, -0.05) is 48.5 Å². The quantitative estimate of drug-likeness (QED) is 0.611. The van der Waals surface area contributed by atoms with Gasteiger partial charge in [-0.15, -0.1) is 0 Å². The van der Waals surface area contributed by atoms with E-state index in [4.69, 9.17) is 0 Å². The third-order valence-electron chi connectivity index (χ3n) is 1.66. The van der Waals surface area contributed by atoms with Gasteiger partial charge in [0.15, 0.2) is 0 Å². The fraction of sp³-hybridized carbons (Fsp3) is 0. The molecule has 0 heterocycles. The summed E-state index contributed by atoms with van der Waals surface area (Å²) in [4.78, 5) is 0. The Kier molecular flexibility index (Phi) is 2.79. The van der Waals surface area contributed by atoms with E-state index in [1.807, 2.05) is 0 Å². The average Bonchev–Trinajstić information content (AvgIpc) is 2.05. The van der Waals surface area contributed by atoms with Crippen LogP contribution in [0.15, 0.2) is 48.5 Å². The van der Waals surface area contributed by atoms with Crippen LogP contribution in [0.4, 0.5) is 0 Å². The van der Waals surface area contributed by atoms with Gasteiger partial charge in [0, 0.05) is 19.5 Å². The van der Waals surface area contributed by atoms with Crippen molar-refractivity contribution < 1.29 is 19.5 Å². The molecule has 2 aromatic carbocycles. The summed E-state index contributed by atoms with van der Waals surface area (Å²) < 4.78 is 0.